The number of hydrogen-bond donors (Lipinski definition) is 3. The molecule has 0 unspecified atom stereocenters. The van der Waals surface area contributed by atoms with Crippen molar-refractivity contribution in [3.63, 3.8) is 0 Å². The zero-order valence-corrected chi connectivity index (χ0v) is 11.4. The molecule has 0 heterocycles. The van der Waals surface area contributed by atoms with E-state index in [1.54, 1.807) is 12.1 Å². The monoisotopic (exact) mass is 268 g/mol. The van der Waals surface area contributed by atoms with E-state index in [2.05, 4.69) is 10.6 Å². The van der Waals surface area contributed by atoms with Crippen LogP contribution < -0.4 is 20.1 Å². The van der Waals surface area contributed by atoms with Gasteiger partial charge >= 0.3 is 0 Å². The highest BCUT2D eigenvalue weighted by Gasteiger charge is 2.10. The number of phenolic OH excluding ortho intramolecular Hbond substituents is 1. The minimum Gasteiger partial charge on any atom is -0.502 e. The average molecular weight is 268 g/mol. The van der Waals surface area contributed by atoms with E-state index in [-0.39, 0.29) is 11.7 Å². The van der Waals surface area contributed by atoms with Gasteiger partial charge in [0.25, 0.3) is 0 Å². The quantitative estimate of drug-likeness (QED) is 0.632. The van der Waals surface area contributed by atoms with Crippen molar-refractivity contribution in [1.29, 1.82) is 0 Å². The SMILES string of the molecule is COc1cc(CNCCNC(C)=O)cc(OC)c1O. The van der Waals surface area contributed by atoms with E-state index in [0.717, 1.165) is 5.56 Å². The van der Waals surface area contributed by atoms with Crippen molar-refractivity contribution in [2.75, 3.05) is 27.3 Å². The molecule has 0 saturated heterocycles. The van der Waals surface area contributed by atoms with E-state index < -0.39 is 0 Å². The maximum Gasteiger partial charge on any atom is 0.216 e. The summed E-state index contributed by atoms with van der Waals surface area (Å²) >= 11 is 0. The molecule has 1 aromatic carbocycles. The van der Waals surface area contributed by atoms with Gasteiger partial charge in [0.15, 0.2) is 11.5 Å². The highest BCUT2D eigenvalue weighted by Crippen LogP contribution is 2.36. The van der Waals surface area contributed by atoms with Crippen LogP contribution in [0.3, 0.4) is 0 Å². The van der Waals surface area contributed by atoms with Gasteiger partial charge in [-0.25, -0.2) is 0 Å². The molecule has 0 aliphatic carbocycles. The Morgan fingerprint density at radius 3 is 2.26 bits per heavy atom. The number of ether oxygens (including phenoxy) is 2. The number of phenols is 1. The number of amides is 1. The first-order valence-corrected chi connectivity index (χ1v) is 5.97. The van der Waals surface area contributed by atoms with Crippen molar-refractivity contribution in [1.82, 2.24) is 10.6 Å². The summed E-state index contributed by atoms with van der Waals surface area (Å²) in [6.07, 6.45) is 0. The van der Waals surface area contributed by atoms with Crippen LogP contribution in [0.1, 0.15) is 12.5 Å². The Bertz CT molecular complexity index is 410. The van der Waals surface area contributed by atoms with Crippen LogP contribution in [0.2, 0.25) is 0 Å². The predicted octanol–water partition coefficient (Wildman–Crippen LogP) is 0.635. The summed E-state index contributed by atoms with van der Waals surface area (Å²) in [5.74, 6) is 0.692. The number of methoxy groups -OCH3 is 2. The minimum absolute atomic E-state index is 0.00741. The van der Waals surface area contributed by atoms with Gasteiger partial charge in [0.2, 0.25) is 11.7 Å². The van der Waals surface area contributed by atoms with E-state index >= 15 is 0 Å². The summed E-state index contributed by atoms with van der Waals surface area (Å²) in [6, 6.07) is 3.48. The molecule has 1 aromatic rings. The Morgan fingerprint density at radius 1 is 1.21 bits per heavy atom. The summed E-state index contributed by atoms with van der Waals surface area (Å²) in [6.45, 7) is 3.30. The highest BCUT2D eigenvalue weighted by molar-refractivity contribution is 5.72. The van der Waals surface area contributed by atoms with E-state index in [4.69, 9.17) is 9.47 Å². The van der Waals surface area contributed by atoms with Gasteiger partial charge in [-0.3, -0.25) is 4.79 Å². The van der Waals surface area contributed by atoms with Gasteiger partial charge in [-0.1, -0.05) is 0 Å². The highest BCUT2D eigenvalue weighted by atomic mass is 16.5. The number of carbonyl (C=O) groups is 1. The molecule has 6 nitrogen and oxygen atoms in total. The second-order valence-corrected chi connectivity index (χ2v) is 4.01. The van der Waals surface area contributed by atoms with Gasteiger partial charge in [-0.05, 0) is 17.7 Å². The zero-order valence-electron chi connectivity index (χ0n) is 11.4. The molecule has 0 fully saturated rings. The van der Waals surface area contributed by atoms with E-state index in [1.807, 2.05) is 0 Å². The number of aromatic hydroxyl groups is 1. The molecule has 3 N–H and O–H groups in total. The lowest BCUT2D eigenvalue weighted by molar-refractivity contribution is -0.118. The fraction of sp³-hybridized carbons (Fsp3) is 0.462. The van der Waals surface area contributed by atoms with Crippen molar-refractivity contribution >= 4 is 5.91 Å². The molecule has 0 bridgehead atoms. The molecule has 0 spiro atoms. The Balaban J connectivity index is 2.56. The van der Waals surface area contributed by atoms with Crippen LogP contribution in [0.15, 0.2) is 12.1 Å². The molecule has 0 aliphatic rings. The van der Waals surface area contributed by atoms with Gasteiger partial charge in [0.1, 0.15) is 0 Å². The Hall–Kier alpha value is -1.95. The fourth-order valence-electron chi connectivity index (χ4n) is 1.61. The molecule has 19 heavy (non-hydrogen) atoms. The molecular formula is C13H20N2O4. The number of nitrogens with one attached hydrogen (secondary N) is 2. The average Bonchev–Trinajstić information content (AvgIpc) is 2.39. The largest absolute Gasteiger partial charge is 0.502 e. The van der Waals surface area contributed by atoms with Gasteiger partial charge < -0.3 is 25.2 Å². The molecule has 0 aromatic heterocycles. The van der Waals surface area contributed by atoms with Crippen LogP contribution in [0.5, 0.6) is 17.2 Å². The molecule has 6 heteroatoms. The van der Waals surface area contributed by atoms with Crippen LogP contribution in [0.25, 0.3) is 0 Å². The molecule has 1 amide bonds. The molecule has 0 radical (unpaired) electrons. The molecular weight excluding hydrogens is 248 g/mol. The van der Waals surface area contributed by atoms with Crippen LogP contribution in [0.4, 0.5) is 0 Å². The van der Waals surface area contributed by atoms with Crippen molar-refractivity contribution in [3.05, 3.63) is 17.7 Å². The topological polar surface area (TPSA) is 79.8 Å². The summed E-state index contributed by atoms with van der Waals surface area (Å²) in [5, 5.41) is 15.6. The van der Waals surface area contributed by atoms with E-state index in [0.29, 0.717) is 31.1 Å². The maximum atomic E-state index is 10.7. The van der Waals surface area contributed by atoms with E-state index in [9.17, 15) is 9.90 Å². The third-order valence-corrected chi connectivity index (χ3v) is 2.54. The second kappa shape index (κ2) is 7.48. The number of benzene rings is 1. The molecule has 0 aliphatic heterocycles. The standard InChI is InChI=1S/C13H20N2O4/c1-9(16)15-5-4-14-8-10-6-11(18-2)13(17)12(7-10)19-3/h6-7,14,17H,4-5,8H2,1-3H3,(H,15,16). The number of rotatable bonds is 7. The summed E-state index contributed by atoms with van der Waals surface area (Å²) in [7, 11) is 2.98. The normalized spacial score (nSPS) is 10.1. The van der Waals surface area contributed by atoms with Crippen LogP contribution in [-0.2, 0) is 11.3 Å². The first-order chi connectivity index (χ1) is 9.08. The van der Waals surface area contributed by atoms with Crippen molar-refractivity contribution in [2.24, 2.45) is 0 Å². The third kappa shape index (κ3) is 4.67. The minimum atomic E-state index is -0.0465. The Kier molecular flexibility index (Phi) is 5.95. The first-order valence-electron chi connectivity index (χ1n) is 5.97. The first kappa shape index (κ1) is 15.1. The van der Waals surface area contributed by atoms with Crippen LogP contribution in [-0.4, -0.2) is 38.3 Å². The summed E-state index contributed by atoms with van der Waals surface area (Å²) < 4.78 is 10.1. The van der Waals surface area contributed by atoms with Gasteiger partial charge in [0, 0.05) is 26.6 Å². The lowest BCUT2D eigenvalue weighted by atomic mass is 10.2. The molecule has 0 saturated carbocycles. The van der Waals surface area contributed by atoms with Crippen molar-refractivity contribution in [3.8, 4) is 17.2 Å². The third-order valence-electron chi connectivity index (χ3n) is 2.54. The smallest absolute Gasteiger partial charge is 0.216 e. The molecule has 0 atom stereocenters. The Morgan fingerprint density at radius 2 is 1.79 bits per heavy atom. The van der Waals surface area contributed by atoms with Gasteiger partial charge in [0.05, 0.1) is 14.2 Å². The summed E-state index contributed by atoms with van der Waals surface area (Å²) in [5.41, 5.74) is 0.925. The second-order valence-electron chi connectivity index (χ2n) is 4.01. The maximum absolute atomic E-state index is 10.7. The van der Waals surface area contributed by atoms with Gasteiger partial charge in [-0.2, -0.15) is 0 Å². The summed E-state index contributed by atoms with van der Waals surface area (Å²) in [4.78, 5) is 10.7. The van der Waals surface area contributed by atoms with Gasteiger partial charge in [-0.15, -0.1) is 0 Å². The number of carbonyl (C=O) groups excluding carboxylic acids is 1. The predicted molar refractivity (Wildman–Crippen MR) is 71.6 cm³/mol. The van der Waals surface area contributed by atoms with Crippen molar-refractivity contribution in [2.45, 2.75) is 13.5 Å². The zero-order chi connectivity index (χ0) is 14.3. The lowest BCUT2D eigenvalue weighted by Gasteiger charge is -2.12. The lowest BCUT2D eigenvalue weighted by Crippen LogP contribution is -2.29. The van der Waals surface area contributed by atoms with Crippen molar-refractivity contribution < 1.29 is 19.4 Å². The number of hydrogen-bond acceptors (Lipinski definition) is 5. The molecule has 106 valence electrons. The van der Waals surface area contributed by atoms with Crippen LogP contribution in [0, 0.1) is 0 Å². The fourth-order valence-corrected chi connectivity index (χ4v) is 1.61. The van der Waals surface area contributed by atoms with Crippen LogP contribution >= 0.6 is 0 Å². The Labute approximate surface area is 112 Å². The van der Waals surface area contributed by atoms with E-state index in [1.165, 1.54) is 21.1 Å². The molecule has 1 rings (SSSR count).